The van der Waals surface area contributed by atoms with E-state index >= 15 is 0 Å². The summed E-state index contributed by atoms with van der Waals surface area (Å²) < 4.78 is 40.3. The highest BCUT2D eigenvalue weighted by Gasteiger charge is 2.33. The van der Waals surface area contributed by atoms with Crippen molar-refractivity contribution in [2.45, 2.75) is 12.7 Å². The smallest absolute Gasteiger partial charge is 0.326 e. The zero-order chi connectivity index (χ0) is 15.0. The van der Waals surface area contributed by atoms with Crippen LogP contribution >= 0.6 is 0 Å². The fourth-order valence-electron chi connectivity index (χ4n) is 2.33. The highest BCUT2D eigenvalue weighted by atomic mass is 19.4. The average molecular weight is 291 g/mol. The molecule has 0 fully saturated rings. The highest BCUT2D eigenvalue weighted by molar-refractivity contribution is 5.80. The summed E-state index contributed by atoms with van der Waals surface area (Å²) in [5, 5.41) is 5.15. The van der Waals surface area contributed by atoms with Crippen LogP contribution in [0.25, 0.3) is 16.6 Å². The Balaban J connectivity index is 2.16. The standard InChI is InChI=1S/C15H12F3N3/c16-15(17,18)13-6-5-12(7-11(13)8-19)21-14-4-2-1-3-10(14)9-20-21/h1-7,9H,8,19H2. The number of alkyl halides is 3. The minimum absolute atomic E-state index is 0.0552. The van der Waals surface area contributed by atoms with Gasteiger partial charge < -0.3 is 5.73 Å². The van der Waals surface area contributed by atoms with Crippen molar-refractivity contribution < 1.29 is 13.2 Å². The van der Waals surface area contributed by atoms with E-state index in [4.69, 9.17) is 5.73 Å². The van der Waals surface area contributed by atoms with E-state index < -0.39 is 11.7 Å². The van der Waals surface area contributed by atoms with E-state index in [1.165, 1.54) is 12.1 Å². The van der Waals surface area contributed by atoms with Crippen molar-refractivity contribution in [3.63, 3.8) is 0 Å². The fraction of sp³-hybridized carbons (Fsp3) is 0.133. The number of fused-ring (bicyclic) bond motifs is 1. The minimum atomic E-state index is -4.40. The predicted molar refractivity (Wildman–Crippen MR) is 74.0 cm³/mol. The first-order valence-corrected chi connectivity index (χ1v) is 6.34. The Labute approximate surface area is 118 Å². The van der Waals surface area contributed by atoms with Crippen LogP contribution in [-0.2, 0) is 12.7 Å². The van der Waals surface area contributed by atoms with Crippen molar-refractivity contribution in [2.75, 3.05) is 0 Å². The van der Waals surface area contributed by atoms with Crippen molar-refractivity contribution in [1.29, 1.82) is 0 Å². The number of benzene rings is 2. The quantitative estimate of drug-likeness (QED) is 0.785. The Kier molecular flexibility index (Phi) is 3.17. The molecule has 0 spiro atoms. The lowest BCUT2D eigenvalue weighted by Gasteiger charge is -2.13. The summed E-state index contributed by atoms with van der Waals surface area (Å²) in [4.78, 5) is 0. The van der Waals surface area contributed by atoms with E-state index in [2.05, 4.69) is 5.10 Å². The molecule has 2 aromatic carbocycles. The third kappa shape index (κ3) is 2.38. The van der Waals surface area contributed by atoms with Crippen LogP contribution in [0, 0.1) is 0 Å². The molecular formula is C15H12F3N3. The molecule has 108 valence electrons. The van der Waals surface area contributed by atoms with E-state index in [-0.39, 0.29) is 12.1 Å². The Morgan fingerprint density at radius 3 is 2.57 bits per heavy atom. The number of nitrogens with two attached hydrogens (primary N) is 1. The monoisotopic (exact) mass is 291 g/mol. The molecule has 1 heterocycles. The van der Waals surface area contributed by atoms with Crippen LogP contribution in [0.2, 0.25) is 0 Å². The number of para-hydroxylation sites is 1. The first-order valence-electron chi connectivity index (χ1n) is 6.34. The second-order valence-corrected chi connectivity index (χ2v) is 4.66. The zero-order valence-corrected chi connectivity index (χ0v) is 10.9. The molecule has 3 nitrogen and oxygen atoms in total. The molecule has 0 aliphatic rings. The average Bonchev–Trinajstić information content (AvgIpc) is 2.89. The van der Waals surface area contributed by atoms with Crippen LogP contribution < -0.4 is 5.73 Å². The Hall–Kier alpha value is -2.34. The maximum atomic E-state index is 12.9. The summed E-state index contributed by atoms with van der Waals surface area (Å²) in [6.45, 7) is -0.179. The van der Waals surface area contributed by atoms with E-state index in [0.717, 1.165) is 17.0 Å². The van der Waals surface area contributed by atoms with Crippen LogP contribution in [-0.4, -0.2) is 9.78 Å². The summed E-state index contributed by atoms with van der Waals surface area (Å²) in [5.41, 5.74) is 6.20. The number of halogens is 3. The maximum Gasteiger partial charge on any atom is 0.416 e. The second-order valence-electron chi connectivity index (χ2n) is 4.66. The van der Waals surface area contributed by atoms with E-state index in [0.29, 0.717) is 5.69 Å². The molecule has 0 bridgehead atoms. The molecule has 1 aromatic heterocycles. The summed E-state index contributed by atoms with van der Waals surface area (Å²) in [7, 11) is 0. The molecule has 2 N–H and O–H groups in total. The maximum absolute atomic E-state index is 12.9. The van der Waals surface area contributed by atoms with Gasteiger partial charge in [0.2, 0.25) is 0 Å². The van der Waals surface area contributed by atoms with Gasteiger partial charge in [-0.3, -0.25) is 0 Å². The number of hydrogen-bond donors (Lipinski definition) is 1. The van der Waals surface area contributed by atoms with Crippen molar-refractivity contribution in [2.24, 2.45) is 5.73 Å². The van der Waals surface area contributed by atoms with Gasteiger partial charge in [0.15, 0.2) is 0 Å². The van der Waals surface area contributed by atoms with E-state index in [9.17, 15) is 13.2 Å². The van der Waals surface area contributed by atoms with E-state index in [1.54, 1.807) is 10.9 Å². The molecular weight excluding hydrogens is 279 g/mol. The largest absolute Gasteiger partial charge is 0.416 e. The fourth-order valence-corrected chi connectivity index (χ4v) is 2.33. The lowest BCUT2D eigenvalue weighted by molar-refractivity contribution is -0.138. The van der Waals surface area contributed by atoms with Crippen LogP contribution in [0.5, 0.6) is 0 Å². The lowest BCUT2D eigenvalue weighted by Crippen LogP contribution is -2.12. The van der Waals surface area contributed by atoms with Gasteiger partial charge in [-0.2, -0.15) is 18.3 Å². The van der Waals surface area contributed by atoms with Crippen molar-refractivity contribution in [1.82, 2.24) is 9.78 Å². The normalized spacial score (nSPS) is 12.0. The van der Waals surface area contributed by atoms with Crippen LogP contribution in [0.1, 0.15) is 11.1 Å². The van der Waals surface area contributed by atoms with E-state index in [1.807, 2.05) is 24.3 Å². The molecule has 0 aliphatic carbocycles. The molecule has 21 heavy (non-hydrogen) atoms. The Morgan fingerprint density at radius 2 is 1.86 bits per heavy atom. The third-order valence-electron chi connectivity index (χ3n) is 3.34. The first kappa shape index (κ1) is 13.6. The highest BCUT2D eigenvalue weighted by Crippen LogP contribution is 2.33. The molecule has 3 aromatic rings. The Bertz CT molecular complexity index is 790. The minimum Gasteiger partial charge on any atom is -0.326 e. The van der Waals surface area contributed by atoms with Gasteiger partial charge in [0.05, 0.1) is 23.0 Å². The number of hydrogen-bond acceptors (Lipinski definition) is 2. The predicted octanol–water partition coefficient (Wildman–Crippen LogP) is 3.50. The molecule has 0 amide bonds. The first-order chi connectivity index (χ1) is 10.0. The SMILES string of the molecule is NCc1cc(-n2ncc3ccccc32)ccc1C(F)(F)F. The van der Waals surface area contributed by atoms with Gasteiger partial charge in [-0.15, -0.1) is 0 Å². The molecule has 0 atom stereocenters. The van der Waals surface area contributed by atoms with Crippen molar-refractivity contribution >= 4 is 10.9 Å². The van der Waals surface area contributed by atoms with Gasteiger partial charge in [0.25, 0.3) is 0 Å². The molecule has 0 radical (unpaired) electrons. The molecule has 3 rings (SSSR count). The molecule has 0 saturated heterocycles. The zero-order valence-electron chi connectivity index (χ0n) is 10.9. The second kappa shape index (κ2) is 4.89. The molecule has 0 aliphatic heterocycles. The summed E-state index contributed by atoms with van der Waals surface area (Å²) >= 11 is 0. The summed E-state index contributed by atoms with van der Waals surface area (Å²) in [6.07, 6.45) is -2.73. The molecule has 6 heteroatoms. The topological polar surface area (TPSA) is 43.8 Å². The van der Waals surface area contributed by atoms with Crippen LogP contribution in [0.15, 0.2) is 48.7 Å². The van der Waals surface area contributed by atoms with Gasteiger partial charge >= 0.3 is 6.18 Å². The van der Waals surface area contributed by atoms with Crippen LogP contribution in [0.4, 0.5) is 13.2 Å². The Morgan fingerprint density at radius 1 is 1.10 bits per heavy atom. The van der Waals surface area contributed by atoms with Crippen LogP contribution in [0.3, 0.4) is 0 Å². The van der Waals surface area contributed by atoms with Gasteiger partial charge in [0, 0.05) is 11.9 Å². The summed E-state index contributed by atoms with van der Waals surface area (Å²) in [5.74, 6) is 0. The van der Waals surface area contributed by atoms with Gasteiger partial charge in [-0.05, 0) is 29.8 Å². The molecule has 0 saturated carbocycles. The van der Waals surface area contributed by atoms with Gasteiger partial charge in [0.1, 0.15) is 0 Å². The molecule has 0 unspecified atom stereocenters. The number of aromatic nitrogens is 2. The van der Waals surface area contributed by atoms with Gasteiger partial charge in [-0.1, -0.05) is 18.2 Å². The number of rotatable bonds is 2. The lowest BCUT2D eigenvalue weighted by atomic mass is 10.1. The van der Waals surface area contributed by atoms with Gasteiger partial charge in [-0.25, -0.2) is 4.68 Å². The number of nitrogens with zero attached hydrogens (tertiary/aromatic N) is 2. The summed E-state index contributed by atoms with van der Waals surface area (Å²) in [6, 6.07) is 11.4. The third-order valence-corrected chi connectivity index (χ3v) is 3.34. The van der Waals surface area contributed by atoms with Crippen molar-refractivity contribution in [3.8, 4) is 5.69 Å². The van der Waals surface area contributed by atoms with Crippen molar-refractivity contribution in [3.05, 3.63) is 59.8 Å².